The average Bonchev–Trinajstić information content (AvgIpc) is 2.88. The van der Waals surface area contributed by atoms with Crippen LogP contribution in [0.4, 0.5) is 5.69 Å². The Balaban J connectivity index is 2.25. The molecule has 0 aliphatic carbocycles. The first-order chi connectivity index (χ1) is 9.79. The highest BCUT2D eigenvalue weighted by Gasteiger charge is 2.26. The standard InChI is InChI=1S/C14H15N3O3S/c1-14(2,3)11-10(21-17-16-11)12(18)15-9-6-4-5-8(7-9)13(19)20/h4-7H,1-3H3,(H,15,18)(H,19,20). The molecule has 0 saturated heterocycles. The predicted molar refractivity (Wildman–Crippen MR) is 80.0 cm³/mol. The molecular weight excluding hydrogens is 290 g/mol. The van der Waals surface area contributed by atoms with E-state index < -0.39 is 5.97 Å². The lowest BCUT2D eigenvalue weighted by atomic mass is 9.91. The Labute approximate surface area is 126 Å². The van der Waals surface area contributed by atoms with Gasteiger partial charge in [0.05, 0.1) is 11.3 Å². The summed E-state index contributed by atoms with van der Waals surface area (Å²) in [6.45, 7) is 5.85. The molecule has 2 N–H and O–H groups in total. The van der Waals surface area contributed by atoms with Crippen LogP contribution in [0.3, 0.4) is 0 Å². The minimum atomic E-state index is -1.04. The van der Waals surface area contributed by atoms with Gasteiger partial charge in [-0.25, -0.2) is 4.79 Å². The number of carboxylic acid groups (broad SMARTS) is 1. The van der Waals surface area contributed by atoms with E-state index in [1.807, 2.05) is 20.8 Å². The van der Waals surface area contributed by atoms with Gasteiger partial charge in [0, 0.05) is 11.1 Å². The molecule has 0 unspecified atom stereocenters. The Bertz CT molecular complexity index is 689. The van der Waals surface area contributed by atoms with E-state index in [1.54, 1.807) is 12.1 Å². The van der Waals surface area contributed by atoms with Crippen molar-refractivity contribution < 1.29 is 14.7 Å². The number of hydrogen-bond donors (Lipinski definition) is 2. The van der Waals surface area contributed by atoms with E-state index in [4.69, 9.17) is 5.11 Å². The van der Waals surface area contributed by atoms with E-state index >= 15 is 0 Å². The quantitative estimate of drug-likeness (QED) is 0.909. The molecule has 7 heteroatoms. The number of hydrogen-bond acceptors (Lipinski definition) is 5. The molecule has 0 aliphatic heterocycles. The van der Waals surface area contributed by atoms with Gasteiger partial charge in [-0.05, 0) is 29.7 Å². The maximum absolute atomic E-state index is 12.3. The number of amides is 1. The summed E-state index contributed by atoms with van der Waals surface area (Å²) in [7, 11) is 0. The SMILES string of the molecule is CC(C)(C)c1nnsc1C(=O)Nc1cccc(C(=O)O)c1. The van der Waals surface area contributed by atoms with Crippen molar-refractivity contribution in [3.8, 4) is 0 Å². The molecule has 1 heterocycles. The monoisotopic (exact) mass is 305 g/mol. The van der Waals surface area contributed by atoms with Gasteiger partial charge in [0.1, 0.15) is 4.88 Å². The van der Waals surface area contributed by atoms with Gasteiger partial charge < -0.3 is 10.4 Å². The van der Waals surface area contributed by atoms with Gasteiger partial charge in [-0.3, -0.25) is 4.79 Å². The van der Waals surface area contributed by atoms with Crippen molar-refractivity contribution in [2.45, 2.75) is 26.2 Å². The maximum atomic E-state index is 12.3. The second-order valence-corrected chi connectivity index (χ2v) is 6.29. The molecule has 2 aromatic rings. The van der Waals surface area contributed by atoms with Gasteiger partial charge >= 0.3 is 5.97 Å². The molecule has 110 valence electrons. The molecule has 1 amide bonds. The van der Waals surface area contributed by atoms with Crippen LogP contribution in [0.25, 0.3) is 0 Å². The molecule has 0 atom stereocenters. The second-order valence-electron chi connectivity index (χ2n) is 5.54. The van der Waals surface area contributed by atoms with Crippen LogP contribution in [0.5, 0.6) is 0 Å². The van der Waals surface area contributed by atoms with Crippen LogP contribution in [0, 0.1) is 0 Å². The third-order valence-corrected chi connectivity index (χ3v) is 3.50. The summed E-state index contributed by atoms with van der Waals surface area (Å²) < 4.78 is 3.83. The molecular formula is C14H15N3O3S. The first-order valence-electron chi connectivity index (χ1n) is 6.26. The normalized spacial score (nSPS) is 11.2. The van der Waals surface area contributed by atoms with E-state index in [-0.39, 0.29) is 16.9 Å². The largest absolute Gasteiger partial charge is 0.478 e. The smallest absolute Gasteiger partial charge is 0.335 e. The number of carbonyl (C=O) groups is 2. The third-order valence-electron chi connectivity index (χ3n) is 2.77. The topological polar surface area (TPSA) is 92.2 Å². The van der Waals surface area contributed by atoms with Crippen molar-refractivity contribution >= 4 is 29.1 Å². The molecule has 1 aromatic heterocycles. The van der Waals surface area contributed by atoms with Crippen LogP contribution >= 0.6 is 11.5 Å². The Morgan fingerprint density at radius 1 is 1.29 bits per heavy atom. The lowest BCUT2D eigenvalue weighted by molar-refractivity contribution is 0.0696. The first kappa shape index (κ1) is 15.1. The van der Waals surface area contributed by atoms with E-state index in [2.05, 4.69) is 14.9 Å². The fourth-order valence-electron chi connectivity index (χ4n) is 1.75. The van der Waals surface area contributed by atoms with Crippen molar-refractivity contribution in [3.05, 3.63) is 40.4 Å². The summed E-state index contributed by atoms with van der Waals surface area (Å²) in [5, 5.41) is 15.6. The Morgan fingerprint density at radius 2 is 2.00 bits per heavy atom. The number of carbonyl (C=O) groups excluding carboxylic acids is 1. The number of anilines is 1. The minimum absolute atomic E-state index is 0.117. The van der Waals surface area contributed by atoms with Crippen LogP contribution in [-0.4, -0.2) is 26.6 Å². The molecule has 6 nitrogen and oxygen atoms in total. The maximum Gasteiger partial charge on any atom is 0.335 e. The number of nitrogens with zero attached hydrogens (tertiary/aromatic N) is 2. The summed E-state index contributed by atoms with van der Waals surface area (Å²) in [5.74, 6) is -1.38. The van der Waals surface area contributed by atoms with E-state index in [0.717, 1.165) is 11.5 Å². The van der Waals surface area contributed by atoms with Crippen LogP contribution < -0.4 is 5.32 Å². The molecule has 0 bridgehead atoms. The van der Waals surface area contributed by atoms with Crippen LogP contribution in [0.2, 0.25) is 0 Å². The summed E-state index contributed by atoms with van der Waals surface area (Å²) in [5.41, 5.74) is 0.876. The Morgan fingerprint density at radius 3 is 2.62 bits per heavy atom. The van der Waals surface area contributed by atoms with Crippen molar-refractivity contribution in [3.63, 3.8) is 0 Å². The molecule has 0 saturated carbocycles. The molecule has 21 heavy (non-hydrogen) atoms. The summed E-state index contributed by atoms with van der Waals surface area (Å²) in [4.78, 5) is 23.7. The Hall–Kier alpha value is -2.28. The number of aromatic nitrogens is 2. The third kappa shape index (κ3) is 3.43. The molecule has 0 aliphatic rings. The van der Waals surface area contributed by atoms with E-state index in [0.29, 0.717) is 16.3 Å². The molecule has 2 rings (SSSR count). The number of carboxylic acids is 1. The highest BCUT2D eigenvalue weighted by Crippen LogP contribution is 2.26. The van der Waals surface area contributed by atoms with Crippen molar-refractivity contribution in [2.75, 3.05) is 5.32 Å². The summed E-state index contributed by atoms with van der Waals surface area (Å²) in [6.07, 6.45) is 0. The summed E-state index contributed by atoms with van der Waals surface area (Å²) >= 11 is 1.02. The molecule has 0 fully saturated rings. The first-order valence-corrected chi connectivity index (χ1v) is 7.04. The zero-order valence-electron chi connectivity index (χ0n) is 11.9. The number of nitrogens with one attached hydrogen (secondary N) is 1. The molecule has 0 spiro atoms. The van der Waals surface area contributed by atoms with Crippen LogP contribution in [0.15, 0.2) is 24.3 Å². The minimum Gasteiger partial charge on any atom is -0.478 e. The molecule has 0 radical (unpaired) electrons. The van der Waals surface area contributed by atoms with E-state index in [9.17, 15) is 9.59 Å². The number of rotatable bonds is 3. The van der Waals surface area contributed by atoms with Crippen molar-refractivity contribution in [1.82, 2.24) is 9.59 Å². The number of aromatic carboxylic acids is 1. The number of benzene rings is 1. The van der Waals surface area contributed by atoms with Crippen LogP contribution in [0.1, 0.15) is 46.5 Å². The predicted octanol–water partition coefficient (Wildman–Crippen LogP) is 2.79. The van der Waals surface area contributed by atoms with Gasteiger partial charge in [-0.1, -0.05) is 31.3 Å². The summed E-state index contributed by atoms with van der Waals surface area (Å²) in [6, 6.07) is 6.09. The highest BCUT2D eigenvalue weighted by molar-refractivity contribution is 7.08. The zero-order chi connectivity index (χ0) is 15.6. The molecule has 1 aromatic carbocycles. The second kappa shape index (κ2) is 5.61. The van der Waals surface area contributed by atoms with Gasteiger partial charge in [-0.15, -0.1) is 5.10 Å². The van der Waals surface area contributed by atoms with Crippen molar-refractivity contribution in [2.24, 2.45) is 0 Å². The zero-order valence-corrected chi connectivity index (χ0v) is 12.7. The average molecular weight is 305 g/mol. The van der Waals surface area contributed by atoms with E-state index in [1.165, 1.54) is 12.1 Å². The van der Waals surface area contributed by atoms with Crippen LogP contribution in [-0.2, 0) is 5.41 Å². The van der Waals surface area contributed by atoms with Gasteiger partial charge in [0.25, 0.3) is 5.91 Å². The Kier molecular flexibility index (Phi) is 4.04. The lowest BCUT2D eigenvalue weighted by Gasteiger charge is -2.16. The van der Waals surface area contributed by atoms with Crippen molar-refractivity contribution in [1.29, 1.82) is 0 Å². The van der Waals surface area contributed by atoms with Gasteiger partial charge in [-0.2, -0.15) is 0 Å². The van der Waals surface area contributed by atoms with Gasteiger partial charge in [0.15, 0.2) is 0 Å². The lowest BCUT2D eigenvalue weighted by Crippen LogP contribution is -2.20. The fraction of sp³-hybridized carbons (Fsp3) is 0.286. The van der Waals surface area contributed by atoms with Gasteiger partial charge in [0.2, 0.25) is 0 Å². The highest BCUT2D eigenvalue weighted by atomic mass is 32.1. The fourth-order valence-corrected chi connectivity index (χ4v) is 2.52.